The zero-order valence-electron chi connectivity index (χ0n) is 14.7. The highest BCUT2D eigenvalue weighted by Gasteiger charge is 2.23. The Hall–Kier alpha value is -3.09. The number of fused-ring (bicyclic) bond motifs is 1. The van der Waals surface area contributed by atoms with Crippen molar-refractivity contribution in [3.8, 4) is 11.5 Å². The van der Waals surface area contributed by atoms with Gasteiger partial charge in [-0.2, -0.15) is 0 Å². The van der Waals surface area contributed by atoms with Gasteiger partial charge in [-0.3, -0.25) is 14.9 Å². The monoisotopic (exact) mass is 356 g/mol. The van der Waals surface area contributed by atoms with Crippen molar-refractivity contribution >= 4 is 11.6 Å². The molecule has 7 heteroatoms. The topological polar surface area (TPSA) is 90.7 Å². The lowest BCUT2D eigenvalue weighted by Crippen LogP contribution is -2.24. The fourth-order valence-corrected chi connectivity index (χ4v) is 3.01. The van der Waals surface area contributed by atoms with Gasteiger partial charge >= 0.3 is 0 Å². The van der Waals surface area contributed by atoms with E-state index < -0.39 is 10.8 Å². The van der Waals surface area contributed by atoms with Crippen LogP contribution in [0.4, 0.5) is 5.69 Å². The number of nitro benzene ring substituents is 1. The van der Waals surface area contributed by atoms with Crippen LogP contribution in [0.15, 0.2) is 36.4 Å². The van der Waals surface area contributed by atoms with Crippen molar-refractivity contribution in [3.63, 3.8) is 0 Å². The Labute approximate surface area is 151 Å². The summed E-state index contributed by atoms with van der Waals surface area (Å²) in [5.74, 6) is 0.970. The standard InChI is InChI=1S/C19H20N2O5/c1-3-25-17-9-13-8-12(2)26-18(13)10-14(17)11-20-19(22)15-6-4-5-7-16(15)21(23)24/h4-7,9-10,12H,3,8,11H2,1-2H3,(H,20,22)/t12-/m0/s1. The van der Waals surface area contributed by atoms with Crippen molar-refractivity contribution in [2.24, 2.45) is 0 Å². The predicted molar refractivity (Wildman–Crippen MR) is 95.7 cm³/mol. The van der Waals surface area contributed by atoms with E-state index >= 15 is 0 Å². The van der Waals surface area contributed by atoms with Crippen LogP contribution in [-0.2, 0) is 13.0 Å². The molecule has 3 rings (SSSR count). The molecule has 7 nitrogen and oxygen atoms in total. The molecule has 0 spiro atoms. The molecule has 0 aliphatic carbocycles. The minimum absolute atomic E-state index is 0.0292. The number of nitrogens with one attached hydrogen (secondary N) is 1. The molecule has 0 radical (unpaired) electrons. The number of amides is 1. The van der Waals surface area contributed by atoms with Crippen molar-refractivity contribution < 1.29 is 19.2 Å². The number of carbonyl (C=O) groups is 1. The van der Waals surface area contributed by atoms with Crippen molar-refractivity contribution in [2.45, 2.75) is 32.9 Å². The molecule has 136 valence electrons. The van der Waals surface area contributed by atoms with Crippen LogP contribution in [0.3, 0.4) is 0 Å². The number of nitrogens with zero attached hydrogens (tertiary/aromatic N) is 1. The maximum absolute atomic E-state index is 12.4. The molecule has 0 fully saturated rings. The summed E-state index contributed by atoms with van der Waals surface area (Å²) in [7, 11) is 0. The first-order valence-corrected chi connectivity index (χ1v) is 8.46. The van der Waals surface area contributed by atoms with Crippen LogP contribution in [-0.4, -0.2) is 23.5 Å². The lowest BCUT2D eigenvalue weighted by Gasteiger charge is -2.13. The molecule has 0 bridgehead atoms. The van der Waals surface area contributed by atoms with Gasteiger partial charge < -0.3 is 14.8 Å². The number of benzene rings is 2. The fraction of sp³-hybridized carbons (Fsp3) is 0.316. The SMILES string of the molecule is CCOc1cc2c(cc1CNC(=O)c1ccccc1[N+](=O)[O-])O[C@@H](C)C2. The fourth-order valence-electron chi connectivity index (χ4n) is 3.01. The first-order valence-electron chi connectivity index (χ1n) is 8.46. The average Bonchev–Trinajstić information content (AvgIpc) is 2.98. The second-order valence-electron chi connectivity index (χ2n) is 6.09. The van der Waals surface area contributed by atoms with Crippen LogP contribution >= 0.6 is 0 Å². The van der Waals surface area contributed by atoms with E-state index in [9.17, 15) is 14.9 Å². The Morgan fingerprint density at radius 2 is 2.15 bits per heavy atom. The van der Waals surface area contributed by atoms with E-state index in [4.69, 9.17) is 9.47 Å². The van der Waals surface area contributed by atoms with E-state index in [-0.39, 0.29) is 23.9 Å². The van der Waals surface area contributed by atoms with Crippen LogP contribution in [0.1, 0.15) is 35.3 Å². The van der Waals surface area contributed by atoms with Gasteiger partial charge in [-0.1, -0.05) is 12.1 Å². The number of rotatable bonds is 6. The number of nitro groups is 1. The Morgan fingerprint density at radius 3 is 2.88 bits per heavy atom. The molecule has 1 heterocycles. The maximum atomic E-state index is 12.4. The Kier molecular flexibility index (Phi) is 5.06. The van der Waals surface area contributed by atoms with Gasteiger partial charge in [-0.05, 0) is 32.0 Å². The molecule has 1 aliphatic heterocycles. The Balaban J connectivity index is 1.80. The Bertz CT molecular complexity index is 850. The van der Waals surface area contributed by atoms with E-state index in [1.165, 1.54) is 18.2 Å². The van der Waals surface area contributed by atoms with Crippen LogP contribution in [0.5, 0.6) is 11.5 Å². The third-order valence-electron chi connectivity index (χ3n) is 4.16. The molecule has 2 aromatic carbocycles. The predicted octanol–water partition coefficient (Wildman–Crippen LogP) is 3.25. The van der Waals surface area contributed by atoms with E-state index in [1.807, 2.05) is 26.0 Å². The summed E-state index contributed by atoms with van der Waals surface area (Å²) < 4.78 is 11.4. The minimum Gasteiger partial charge on any atom is -0.494 e. The van der Waals surface area contributed by atoms with Crippen LogP contribution < -0.4 is 14.8 Å². The molecule has 0 aromatic heterocycles. The highest BCUT2D eigenvalue weighted by atomic mass is 16.6. The molecule has 0 saturated carbocycles. The van der Waals surface area contributed by atoms with E-state index in [1.54, 1.807) is 6.07 Å². The highest BCUT2D eigenvalue weighted by molar-refractivity contribution is 5.98. The van der Waals surface area contributed by atoms with Gasteiger partial charge in [-0.15, -0.1) is 0 Å². The zero-order chi connectivity index (χ0) is 18.7. The van der Waals surface area contributed by atoms with E-state index in [0.717, 1.165) is 23.3 Å². The van der Waals surface area contributed by atoms with Gasteiger partial charge in [-0.25, -0.2) is 0 Å². The second-order valence-corrected chi connectivity index (χ2v) is 6.09. The third kappa shape index (κ3) is 3.61. The van der Waals surface area contributed by atoms with Gasteiger partial charge in [0.25, 0.3) is 11.6 Å². The molecule has 1 amide bonds. The lowest BCUT2D eigenvalue weighted by atomic mass is 10.1. The largest absolute Gasteiger partial charge is 0.494 e. The molecule has 0 saturated heterocycles. The number of para-hydroxylation sites is 1. The van der Waals surface area contributed by atoms with E-state index in [2.05, 4.69) is 5.32 Å². The smallest absolute Gasteiger partial charge is 0.282 e. The summed E-state index contributed by atoms with van der Waals surface area (Å²) in [5.41, 5.74) is 1.66. The average molecular weight is 356 g/mol. The summed E-state index contributed by atoms with van der Waals surface area (Å²) in [6, 6.07) is 9.67. The number of carbonyl (C=O) groups excluding carboxylic acids is 1. The van der Waals surface area contributed by atoms with Crippen molar-refractivity contribution in [1.82, 2.24) is 5.32 Å². The van der Waals surface area contributed by atoms with E-state index in [0.29, 0.717) is 12.4 Å². The molecular formula is C19H20N2O5. The molecule has 26 heavy (non-hydrogen) atoms. The van der Waals surface area contributed by atoms with Crippen LogP contribution in [0, 0.1) is 10.1 Å². The first-order chi connectivity index (χ1) is 12.5. The molecular weight excluding hydrogens is 336 g/mol. The van der Waals surface area contributed by atoms with Gasteiger partial charge in [0.1, 0.15) is 23.2 Å². The summed E-state index contributed by atoms with van der Waals surface area (Å²) >= 11 is 0. The molecule has 1 N–H and O–H groups in total. The normalized spacial score (nSPS) is 15.1. The first kappa shape index (κ1) is 17.7. The maximum Gasteiger partial charge on any atom is 0.282 e. The second kappa shape index (κ2) is 7.43. The molecule has 1 atom stereocenters. The van der Waals surface area contributed by atoms with Crippen LogP contribution in [0.2, 0.25) is 0 Å². The van der Waals surface area contributed by atoms with Crippen molar-refractivity contribution in [1.29, 1.82) is 0 Å². The molecule has 0 unspecified atom stereocenters. The number of ether oxygens (including phenoxy) is 2. The van der Waals surface area contributed by atoms with Crippen molar-refractivity contribution in [2.75, 3.05) is 6.61 Å². The minimum atomic E-state index is -0.564. The lowest BCUT2D eigenvalue weighted by molar-refractivity contribution is -0.385. The third-order valence-corrected chi connectivity index (χ3v) is 4.16. The zero-order valence-corrected chi connectivity index (χ0v) is 14.7. The number of hydrogen-bond donors (Lipinski definition) is 1. The number of hydrogen-bond acceptors (Lipinski definition) is 5. The highest BCUT2D eigenvalue weighted by Crippen LogP contribution is 2.35. The Morgan fingerprint density at radius 1 is 1.38 bits per heavy atom. The summed E-state index contributed by atoms with van der Waals surface area (Å²) in [6.07, 6.45) is 0.925. The van der Waals surface area contributed by atoms with Gasteiger partial charge in [0, 0.05) is 30.2 Å². The molecule has 1 aliphatic rings. The quantitative estimate of drug-likeness (QED) is 0.634. The van der Waals surface area contributed by atoms with Gasteiger partial charge in [0.2, 0.25) is 0 Å². The van der Waals surface area contributed by atoms with Crippen molar-refractivity contribution in [3.05, 3.63) is 63.2 Å². The summed E-state index contributed by atoms with van der Waals surface area (Å²) in [4.78, 5) is 22.9. The van der Waals surface area contributed by atoms with Crippen LogP contribution in [0.25, 0.3) is 0 Å². The summed E-state index contributed by atoms with van der Waals surface area (Å²) in [6.45, 7) is 4.57. The summed E-state index contributed by atoms with van der Waals surface area (Å²) in [5, 5.41) is 13.8. The molecule has 2 aromatic rings. The van der Waals surface area contributed by atoms with Gasteiger partial charge in [0.05, 0.1) is 11.5 Å². The van der Waals surface area contributed by atoms with Gasteiger partial charge in [0.15, 0.2) is 0 Å².